The molecule has 3 unspecified atom stereocenters. The molecule has 14 heteroatoms. The fourth-order valence-corrected chi connectivity index (χ4v) is 4.31. The number of nitrogens with zero attached hydrogens (tertiary/aromatic N) is 1. The van der Waals surface area contributed by atoms with Crippen molar-refractivity contribution in [2.45, 2.75) is 89.9 Å². The second kappa shape index (κ2) is 20.3. The maximum atomic E-state index is 13.6. The minimum Gasteiger partial charge on any atom is -0.508 e. The van der Waals surface area contributed by atoms with Gasteiger partial charge in [-0.15, -0.1) is 0 Å². The molecule has 0 aliphatic rings. The molecule has 1 aromatic rings. The molecule has 0 aliphatic heterocycles. The van der Waals surface area contributed by atoms with E-state index in [0.29, 0.717) is 12.0 Å². The van der Waals surface area contributed by atoms with Crippen LogP contribution in [-0.2, 0) is 30.4 Å². The first kappa shape index (κ1) is 38.3. The minimum atomic E-state index is -1.58. The fraction of sp³-hybridized carbons (Fsp3) is 0.633. The number of carbonyl (C=O) groups is 5. The van der Waals surface area contributed by atoms with Crippen molar-refractivity contribution in [3.05, 3.63) is 29.8 Å². The molecule has 0 fully saturated rings. The first-order chi connectivity index (χ1) is 20.8. The Hall–Kier alpha value is -3.75. The Morgan fingerprint density at radius 3 is 1.80 bits per heavy atom. The van der Waals surface area contributed by atoms with E-state index >= 15 is 0 Å². The number of aromatic hydroxyl groups is 1. The maximum Gasteiger partial charge on any atom is 0.323 e. The Morgan fingerprint density at radius 2 is 1.30 bits per heavy atom. The number of carboxylic acid groups (broad SMARTS) is 1. The largest absolute Gasteiger partial charge is 0.508 e. The lowest BCUT2D eigenvalue weighted by Crippen LogP contribution is -2.60. The number of unbranched alkanes of at least 4 members (excludes halogenated alkanes) is 5. The van der Waals surface area contributed by atoms with Gasteiger partial charge in [-0.1, -0.05) is 65.0 Å². The number of carbonyl (C=O) groups excluding carboxylic acids is 4. The predicted molar refractivity (Wildman–Crippen MR) is 162 cm³/mol. The van der Waals surface area contributed by atoms with Gasteiger partial charge in [0, 0.05) is 13.0 Å². The van der Waals surface area contributed by atoms with Gasteiger partial charge in [-0.05, 0) is 30.0 Å². The molecule has 0 heterocycles. The summed E-state index contributed by atoms with van der Waals surface area (Å²) in [4.78, 5) is 64.7. The van der Waals surface area contributed by atoms with Crippen LogP contribution in [0.25, 0.3) is 0 Å². The first-order valence-electron chi connectivity index (χ1n) is 15.0. The van der Waals surface area contributed by atoms with E-state index in [2.05, 4.69) is 22.9 Å². The third-order valence-electron chi connectivity index (χ3n) is 7.06. The van der Waals surface area contributed by atoms with E-state index in [9.17, 15) is 44.4 Å². The molecule has 0 aromatic heterocycles. The zero-order chi connectivity index (χ0) is 33.2. The molecular weight excluding hydrogens is 574 g/mol. The number of aliphatic hydroxyl groups is 2. The van der Waals surface area contributed by atoms with Crippen LogP contribution in [-0.4, -0.2) is 105 Å². The van der Waals surface area contributed by atoms with Gasteiger partial charge in [0.1, 0.15) is 30.4 Å². The number of nitrogens with one attached hydrogen (secondary N) is 3. The van der Waals surface area contributed by atoms with Gasteiger partial charge in [-0.3, -0.25) is 24.0 Å². The number of benzene rings is 1. The third-order valence-corrected chi connectivity index (χ3v) is 7.06. The van der Waals surface area contributed by atoms with E-state index in [4.69, 9.17) is 5.73 Å². The van der Waals surface area contributed by atoms with E-state index in [1.165, 1.54) is 12.1 Å². The number of phenols is 1. The van der Waals surface area contributed by atoms with Crippen LogP contribution < -0.4 is 21.7 Å². The van der Waals surface area contributed by atoms with Gasteiger partial charge in [0.05, 0.1) is 19.3 Å². The van der Waals surface area contributed by atoms with Crippen LogP contribution in [0.5, 0.6) is 5.75 Å². The second-order valence-corrected chi connectivity index (χ2v) is 11.1. The highest BCUT2D eigenvalue weighted by Crippen LogP contribution is 2.14. The molecule has 0 aliphatic carbocycles. The van der Waals surface area contributed by atoms with Crippen LogP contribution in [0, 0.1) is 5.92 Å². The summed E-state index contributed by atoms with van der Waals surface area (Å²) in [6.07, 6.45) is 5.40. The topological polar surface area (TPSA) is 232 Å². The molecule has 0 radical (unpaired) electrons. The normalized spacial score (nSPS) is 13.8. The lowest BCUT2D eigenvalue weighted by atomic mass is 10.0. The Balaban J connectivity index is 3.11. The van der Waals surface area contributed by atoms with Gasteiger partial charge in [0.2, 0.25) is 23.6 Å². The lowest BCUT2D eigenvalue weighted by molar-refractivity contribution is -0.146. The molecule has 0 saturated carbocycles. The number of hydrogen-bond donors (Lipinski definition) is 8. The van der Waals surface area contributed by atoms with Gasteiger partial charge in [-0.25, -0.2) is 0 Å². The lowest BCUT2D eigenvalue weighted by Gasteiger charge is -2.28. The van der Waals surface area contributed by atoms with Crippen LogP contribution in [0.3, 0.4) is 0 Å². The Kier molecular flexibility index (Phi) is 17.6. The van der Waals surface area contributed by atoms with Crippen LogP contribution >= 0.6 is 0 Å². The second-order valence-electron chi connectivity index (χ2n) is 11.1. The Labute approximate surface area is 258 Å². The summed E-state index contributed by atoms with van der Waals surface area (Å²) in [7, 11) is 0. The van der Waals surface area contributed by atoms with Crippen molar-refractivity contribution in [3.63, 3.8) is 0 Å². The molecule has 4 amide bonds. The van der Waals surface area contributed by atoms with Gasteiger partial charge in [0.15, 0.2) is 0 Å². The van der Waals surface area contributed by atoms with Crippen LogP contribution in [0.4, 0.5) is 0 Å². The smallest absolute Gasteiger partial charge is 0.323 e. The van der Waals surface area contributed by atoms with Crippen molar-refractivity contribution >= 4 is 29.6 Å². The third kappa shape index (κ3) is 13.7. The fourth-order valence-electron chi connectivity index (χ4n) is 4.31. The minimum absolute atomic E-state index is 0.0147. The first-order valence-corrected chi connectivity index (χ1v) is 15.0. The summed E-state index contributed by atoms with van der Waals surface area (Å²) in [5.74, 6) is -4.78. The highest BCUT2D eigenvalue weighted by Gasteiger charge is 2.32. The monoisotopic (exact) mass is 623 g/mol. The standard InChI is InChI=1S/C30H49N5O9/c1-4-5-6-7-8-9-14-35(16-25(39)40)30(44)22(15-20-10-12-21(38)13-11-20)32-27(41)23(17-36)33-28(42)24(18-37)34-29(43)26(31)19(2)3/h10-13,19,22-24,26,36-38H,4-9,14-18,31H2,1-3H3,(H,32,41)(H,33,42)(H,34,43)(H,39,40)/t22?,23?,24-,26?/m1/s1. The summed E-state index contributed by atoms with van der Waals surface area (Å²) < 4.78 is 0. The van der Waals surface area contributed by atoms with Gasteiger partial charge in [-0.2, -0.15) is 0 Å². The van der Waals surface area contributed by atoms with Crippen LogP contribution in [0.1, 0.15) is 64.9 Å². The van der Waals surface area contributed by atoms with E-state index in [-0.39, 0.29) is 24.6 Å². The number of aliphatic hydroxyl groups excluding tert-OH is 2. The number of carboxylic acids is 1. The van der Waals surface area contributed by atoms with E-state index in [1.54, 1.807) is 26.0 Å². The molecule has 1 rings (SSSR count). The van der Waals surface area contributed by atoms with Crippen molar-refractivity contribution in [1.82, 2.24) is 20.9 Å². The zero-order valence-corrected chi connectivity index (χ0v) is 25.8. The number of rotatable bonds is 21. The molecule has 0 saturated heterocycles. The van der Waals surface area contributed by atoms with Crippen molar-refractivity contribution in [3.8, 4) is 5.75 Å². The summed E-state index contributed by atoms with van der Waals surface area (Å²) in [5, 5.41) is 45.7. The Bertz CT molecular complexity index is 1070. The summed E-state index contributed by atoms with van der Waals surface area (Å²) >= 11 is 0. The van der Waals surface area contributed by atoms with E-state index in [0.717, 1.165) is 37.0 Å². The molecule has 0 spiro atoms. The number of hydrogen-bond acceptors (Lipinski definition) is 9. The average molecular weight is 624 g/mol. The van der Waals surface area contributed by atoms with Crippen molar-refractivity contribution < 1.29 is 44.4 Å². The predicted octanol–water partition coefficient (Wildman–Crippen LogP) is -0.369. The Morgan fingerprint density at radius 1 is 0.795 bits per heavy atom. The molecule has 44 heavy (non-hydrogen) atoms. The molecular formula is C30H49N5O9. The van der Waals surface area contributed by atoms with Gasteiger partial charge in [0.25, 0.3) is 0 Å². The van der Waals surface area contributed by atoms with Gasteiger partial charge >= 0.3 is 5.97 Å². The number of nitrogens with two attached hydrogens (primary N) is 1. The van der Waals surface area contributed by atoms with Gasteiger partial charge < -0.3 is 47.0 Å². The SMILES string of the molecule is CCCCCCCCN(CC(=O)O)C(=O)C(Cc1ccc(O)cc1)NC(=O)C(CO)NC(=O)[C@@H](CO)NC(=O)C(N)C(C)C. The zero-order valence-electron chi connectivity index (χ0n) is 25.8. The highest BCUT2D eigenvalue weighted by atomic mass is 16.4. The molecule has 14 nitrogen and oxygen atoms in total. The van der Waals surface area contributed by atoms with E-state index < -0.39 is 73.5 Å². The molecule has 248 valence electrons. The quantitative estimate of drug-likeness (QED) is 0.0828. The average Bonchev–Trinajstić information content (AvgIpc) is 2.98. The number of phenolic OH excluding ortho intramolecular Hbond substituents is 1. The van der Waals surface area contributed by atoms with Crippen molar-refractivity contribution in [1.29, 1.82) is 0 Å². The number of aliphatic carboxylic acids is 1. The maximum absolute atomic E-state index is 13.6. The summed E-state index contributed by atoms with van der Waals surface area (Å²) in [5.41, 5.74) is 6.34. The summed E-state index contributed by atoms with van der Waals surface area (Å²) in [6.45, 7) is 3.35. The van der Waals surface area contributed by atoms with Crippen molar-refractivity contribution in [2.24, 2.45) is 11.7 Å². The molecule has 4 atom stereocenters. The van der Waals surface area contributed by atoms with Crippen LogP contribution in [0.2, 0.25) is 0 Å². The van der Waals surface area contributed by atoms with E-state index in [1.807, 2.05) is 0 Å². The molecule has 0 bridgehead atoms. The molecule has 9 N–H and O–H groups in total. The summed E-state index contributed by atoms with van der Waals surface area (Å²) in [6, 6.07) is 0.600. The molecule has 1 aromatic carbocycles. The van der Waals surface area contributed by atoms with Crippen LogP contribution in [0.15, 0.2) is 24.3 Å². The highest BCUT2D eigenvalue weighted by molar-refractivity contribution is 5.95. The number of amides is 4. The van der Waals surface area contributed by atoms with Crippen molar-refractivity contribution in [2.75, 3.05) is 26.3 Å².